The quantitative estimate of drug-likeness (QED) is 0.265. The lowest BCUT2D eigenvalue weighted by Crippen LogP contribution is -2.54. The van der Waals surface area contributed by atoms with Gasteiger partial charge in [-0.05, 0) is 36.7 Å². The van der Waals surface area contributed by atoms with E-state index in [1.165, 1.54) is 11.8 Å². The standard InChI is InChI=1S/C19H36N4O5S/c1-6-12(4)16(20)18(26)21-10-15(24)22-14(9-11(2)3)17(25)23-13(19(27)28)7-8-29-5/h11-14,16H,6-10,20H2,1-5H3,(H,21,26)(H,22,24)(H,23,25)(H,27,28)/t12-,13+,14-,16+/m1/s1. The average Bonchev–Trinajstić information content (AvgIpc) is 2.66. The molecule has 0 saturated heterocycles. The highest BCUT2D eigenvalue weighted by Crippen LogP contribution is 2.08. The van der Waals surface area contributed by atoms with Crippen LogP contribution in [-0.4, -0.2) is 65.5 Å². The van der Waals surface area contributed by atoms with Crippen molar-refractivity contribution in [2.45, 2.75) is 65.1 Å². The van der Waals surface area contributed by atoms with Crippen molar-refractivity contribution in [3.05, 3.63) is 0 Å². The second kappa shape index (κ2) is 14.2. The number of rotatable bonds is 14. The Morgan fingerprint density at radius 2 is 1.66 bits per heavy atom. The maximum Gasteiger partial charge on any atom is 0.326 e. The molecule has 0 fully saturated rings. The van der Waals surface area contributed by atoms with Gasteiger partial charge < -0.3 is 26.8 Å². The smallest absolute Gasteiger partial charge is 0.326 e. The van der Waals surface area contributed by atoms with Gasteiger partial charge in [0.1, 0.15) is 12.1 Å². The number of hydrogen-bond acceptors (Lipinski definition) is 6. The van der Waals surface area contributed by atoms with Gasteiger partial charge in [0, 0.05) is 0 Å². The van der Waals surface area contributed by atoms with E-state index in [4.69, 9.17) is 5.73 Å². The minimum atomic E-state index is -1.12. The largest absolute Gasteiger partial charge is 0.480 e. The maximum atomic E-state index is 12.6. The van der Waals surface area contributed by atoms with Crippen LogP contribution in [0.2, 0.25) is 0 Å². The van der Waals surface area contributed by atoms with Crippen LogP contribution in [0.4, 0.5) is 0 Å². The number of carbonyl (C=O) groups is 4. The summed E-state index contributed by atoms with van der Waals surface area (Å²) >= 11 is 1.48. The zero-order valence-corrected chi connectivity index (χ0v) is 18.8. The minimum Gasteiger partial charge on any atom is -0.480 e. The fraction of sp³-hybridized carbons (Fsp3) is 0.789. The summed E-state index contributed by atoms with van der Waals surface area (Å²) in [5, 5.41) is 16.8. The SMILES string of the molecule is CC[C@@H](C)[C@H](N)C(=O)NCC(=O)N[C@H](CC(C)C)C(=O)N[C@@H](CCSC)C(=O)O. The maximum absolute atomic E-state index is 12.6. The molecule has 0 unspecified atom stereocenters. The van der Waals surface area contributed by atoms with Crippen molar-refractivity contribution in [2.75, 3.05) is 18.6 Å². The Morgan fingerprint density at radius 1 is 1.03 bits per heavy atom. The van der Waals surface area contributed by atoms with E-state index in [-0.39, 0.29) is 24.8 Å². The molecule has 0 aromatic rings. The fourth-order valence-corrected chi connectivity index (χ4v) is 2.98. The molecule has 0 heterocycles. The second-order valence-corrected chi connectivity index (χ2v) is 8.55. The van der Waals surface area contributed by atoms with Gasteiger partial charge in [-0.2, -0.15) is 11.8 Å². The third-order valence-electron chi connectivity index (χ3n) is 4.57. The Labute approximate surface area is 177 Å². The lowest BCUT2D eigenvalue weighted by Gasteiger charge is -2.23. The van der Waals surface area contributed by atoms with E-state index in [0.29, 0.717) is 12.2 Å². The molecule has 3 amide bonds. The van der Waals surface area contributed by atoms with Crippen molar-refractivity contribution in [2.24, 2.45) is 17.6 Å². The molecule has 168 valence electrons. The van der Waals surface area contributed by atoms with E-state index >= 15 is 0 Å². The molecule has 0 rings (SSSR count). The van der Waals surface area contributed by atoms with Gasteiger partial charge >= 0.3 is 5.97 Å². The first kappa shape index (κ1) is 27.2. The first-order valence-corrected chi connectivity index (χ1v) is 11.3. The number of carboxylic acid groups (broad SMARTS) is 1. The summed E-state index contributed by atoms with van der Waals surface area (Å²) in [4.78, 5) is 48.2. The summed E-state index contributed by atoms with van der Waals surface area (Å²) in [5.74, 6) is -1.98. The number of thioether (sulfide) groups is 1. The molecule has 0 spiro atoms. The zero-order chi connectivity index (χ0) is 22.6. The number of nitrogens with two attached hydrogens (primary N) is 1. The third-order valence-corrected chi connectivity index (χ3v) is 5.21. The molecule has 0 aliphatic rings. The zero-order valence-electron chi connectivity index (χ0n) is 18.0. The molecule has 6 N–H and O–H groups in total. The number of carboxylic acids is 1. The Hall–Kier alpha value is -1.81. The fourth-order valence-electron chi connectivity index (χ4n) is 2.51. The summed E-state index contributed by atoms with van der Waals surface area (Å²) in [7, 11) is 0. The molecule has 4 atom stereocenters. The van der Waals surface area contributed by atoms with Crippen LogP contribution in [0.5, 0.6) is 0 Å². The number of carbonyl (C=O) groups excluding carboxylic acids is 3. The second-order valence-electron chi connectivity index (χ2n) is 7.56. The number of amides is 3. The Bertz CT molecular complexity index is 559. The van der Waals surface area contributed by atoms with Crippen molar-refractivity contribution in [3.8, 4) is 0 Å². The normalized spacial score (nSPS) is 15.1. The molecule has 0 aliphatic carbocycles. The molecule has 0 aliphatic heterocycles. The van der Waals surface area contributed by atoms with Gasteiger partial charge in [-0.1, -0.05) is 34.1 Å². The highest BCUT2D eigenvalue weighted by atomic mass is 32.2. The predicted molar refractivity (Wildman–Crippen MR) is 114 cm³/mol. The van der Waals surface area contributed by atoms with Crippen molar-refractivity contribution >= 4 is 35.5 Å². The first-order valence-electron chi connectivity index (χ1n) is 9.88. The highest BCUT2D eigenvalue weighted by molar-refractivity contribution is 7.98. The molecule has 29 heavy (non-hydrogen) atoms. The van der Waals surface area contributed by atoms with Crippen molar-refractivity contribution in [1.82, 2.24) is 16.0 Å². The van der Waals surface area contributed by atoms with E-state index in [2.05, 4.69) is 16.0 Å². The Balaban J connectivity index is 4.88. The molecular weight excluding hydrogens is 396 g/mol. The topological polar surface area (TPSA) is 151 Å². The van der Waals surface area contributed by atoms with Gasteiger partial charge in [0.15, 0.2) is 0 Å². The van der Waals surface area contributed by atoms with Crippen LogP contribution in [0.1, 0.15) is 47.0 Å². The van der Waals surface area contributed by atoms with Crippen molar-refractivity contribution in [3.63, 3.8) is 0 Å². The van der Waals surface area contributed by atoms with E-state index < -0.39 is 41.8 Å². The van der Waals surface area contributed by atoms with Gasteiger partial charge in [-0.25, -0.2) is 4.79 Å². The van der Waals surface area contributed by atoms with Crippen LogP contribution in [0, 0.1) is 11.8 Å². The van der Waals surface area contributed by atoms with E-state index in [1.54, 1.807) is 0 Å². The van der Waals surface area contributed by atoms with Gasteiger partial charge in [0.2, 0.25) is 17.7 Å². The predicted octanol–water partition coefficient (Wildman–Crippen LogP) is 0.329. The van der Waals surface area contributed by atoms with Gasteiger partial charge in [-0.3, -0.25) is 14.4 Å². The van der Waals surface area contributed by atoms with Crippen LogP contribution in [-0.2, 0) is 19.2 Å². The van der Waals surface area contributed by atoms with E-state index in [1.807, 2.05) is 34.0 Å². The highest BCUT2D eigenvalue weighted by Gasteiger charge is 2.27. The van der Waals surface area contributed by atoms with Crippen molar-refractivity contribution in [1.29, 1.82) is 0 Å². The van der Waals surface area contributed by atoms with Gasteiger partial charge in [0.05, 0.1) is 12.6 Å². The molecule has 0 saturated carbocycles. The average molecular weight is 433 g/mol. The number of aliphatic carboxylic acids is 1. The summed E-state index contributed by atoms with van der Waals surface area (Å²) in [5.41, 5.74) is 5.83. The molecular formula is C19H36N4O5S. The molecule has 0 aromatic carbocycles. The Kier molecular flexibility index (Phi) is 13.3. The lowest BCUT2D eigenvalue weighted by molar-refractivity contribution is -0.142. The van der Waals surface area contributed by atoms with Gasteiger partial charge in [0.25, 0.3) is 0 Å². The number of hydrogen-bond donors (Lipinski definition) is 5. The lowest BCUT2D eigenvalue weighted by atomic mass is 9.99. The van der Waals surface area contributed by atoms with Crippen LogP contribution >= 0.6 is 11.8 Å². The van der Waals surface area contributed by atoms with E-state index in [0.717, 1.165) is 6.42 Å². The van der Waals surface area contributed by atoms with Crippen LogP contribution in [0.3, 0.4) is 0 Å². The van der Waals surface area contributed by atoms with Crippen LogP contribution < -0.4 is 21.7 Å². The van der Waals surface area contributed by atoms with Crippen molar-refractivity contribution < 1.29 is 24.3 Å². The Morgan fingerprint density at radius 3 is 2.14 bits per heavy atom. The first-order chi connectivity index (χ1) is 13.5. The molecule has 10 heteroatoms. The molecule has 0 aromatic heterocycles. The minimum absolute atomic E-state index is 0.0215. The summed E-state index contributed by atoms with van der Waals surface area (Å²) in [6.45, 7) is 7.25. The summed E-state index contributed by atoms with van der Waals surface area (Å²) in [6, 6.07) is -2.62. The van der Waals surface area contributed by atoms with Crippen LogP contribution in [0.25, 0.3) is 0 Å². The van der Waals surface area contributed by atoms with Gasteiger partial charge in [-0.15, -0.1) is 0 Å². The monoisotopic (exact) mass is 432 g/mol. The van der Waals surface area contributed by atoms with E-state index in [9.17, 15) is 24.3 Å². The third kappa shape index (κ3) is 11.1. The molecule has 0 radical (unpaired) electrons. The molecule has 9 nitrogen and oxygen atoms in total. The number of nitrogens with one attached hydrogen (secondary N) is 3. The summed E-state index contributed by atoms with van der Waals surface area (Å²) in [6.07, 6.45) is 3.21. The molecule has 0 bridgehead atoms. The van der Waals surface area contributed by atoms with Crippen LogP contribution in [0.15, 0.2) is 0 Å². The summed E-state index contributed by atoms with van der Waals surface area (Å²) < 4.78 is 0.